The lowest BCUT2D eigenvalue weighted by molar-refractivity contribution is -0.323. The zero-order valence-corrected chi connectivity index (χ0v) is 13.4. The standard InChI is InChI=1S/C17H23NO4/c1-16(2)11(9-10-17(16,3)15(20)21)14(19)18-12-7-5-6-8-13(12)22-4/h5-8,11H,9-10H2,1-4H3,(H,18,19)(H,20,21)/p-1/t11-,17+/m1/s1. The normalized spacial score (nSPS) is 26.5. The van der Waals surface area contributed by atoms with Crippen LogP contribution in [0.15, 0.2) is 24.3 Å². The van der Waals surface area contributed by atoms with Crippen LogP contribution in [0.4, 0.5) is 5.69 Å². The number of hydrogen-bond donors (Lipinski definition) is 1. The van der Waals surface area contributed by atoms with Crippen molar-refractivity contribution in [3.05, 3.63) is 24.3 Å². The van der Waals surface area contributed by atoms with Crippen LogP contribution in [0, 0.1) is 16.7 Å². The summed E-state index contributed by atoms with van der Waals surface area (Å²) in [6, 6.07) is 7.15. The molecule has 2 rings (SSSR count). The van der Waals surface area contributed by atoms with Gasteiger partial charge in [0.15, 0.2) is 0 Å². The van der Waals surface area contributed by atoms with Gasteiger partial charge in [0, 0.05) is 17.3 Å². The molecule has 1 N–H and O–H groups in total. The van der Waals surface area contributed by atoms with Gasteiger partial charge in [-0.25, -0.2) is 0 Å². The zero-order chi connectivity index (χ0) is 16.5. The van der Waals surface area contributed by atoms with Crippen molar-refractivity contribution in [1.29, 1.82) is 0 Å². The number of carbonyl (C=O) groups is 2. The number of ether oxygens (including phenoxy) is 1. The molecule has 1 saturated carbocycles. The van der Waals surface area contributed by atoms with Gasteiger partial charge >= 0.3 is 0 Å². The van der Waals surface area contributed by atoms with E-state index in [0.717, 1.165) is 0 Å². The minimum Gasteiger partial charge on any atom is -0.550 e. The maximum absolute atomic E-state index is 12.6. The fourth-order valence-corrected chi connectivity index (χ4v) is 3.29. The topological polar surface area (TPSA) is 78.5 Å². The fraction of sp³-hybridized carbons (Fsp3) is 0.529. The SMILES string of the molecule is COc1ccccc1NC(=O)[C@H]1CC[C@@](C)(C(=O)[O-])C1(C)C. The summed E-state index contributed by atoms with van der Waals surface area (Å²) < 4.78 is 5.22. The van der Waals surface area contributed by atoms with Crippen molar-refractivity contribution in [2.24, 2.45) is 16.7 Å². The summed E-state index contributed by atoms with van der Waals surface area (Å²) in [6.07, 6.45) is 0.963. The molecule has 0 bridgehead atoms. The molecule has 1 aliphatic carbocycles. The average Bonchev–Trinajstić information content (AvgIpc) is 2.71. The van der Waals surface area contributed by atoms with Crippen molar-refractivity contribution < 1.29 is 19.4 Å². The molecule has 1 amide bonds. The molecule has 5 heteroatoms. The molecule has 0 aromatic heterocycles. The number of amides is 1. The van der Waals surface area contributed by atoms with Crippen LogP contribution in [0.1, 0.15) is 33.6 Å². The van der Waals surface area contributed by atoms with Gasteiger partial charge in [-0.15, -0.1) is 0 Å². The van der Waals surface area contributed by atoms with Gasteiger partial charge in [-0.1, -0.05) is 32.9 Å². The van der Waals surface area contributed by atoms with Crippen LogP contribution < -0.4 is 15.2 Å². The summed E-state index contributed by atoms with van der Waals surface area (Å²) >= 11 is 0. The highest BCUT2D eigenvalue weighted by molar-refractivity contribution is 5.95. The number of nitrogens with one attached hydrogen (secondary N) is 1. The Bertz CT molecular complexity index is 596. The molecule has 1 fully saturated rings. The highest BCUT2D eigenvalue weighted by Gasteiger charge is 2.54. The Morgan fingerprint density at radius 3 is 2.45 bits per heavy atom. The van der Waals surface area contributed by atoms with Gasteiger partial charge in [-0.2, -0.15) is 0 Å². The molecule has 1 aromatic carbocycles. The quantitative estimate of drug-likeness (QED) is 0.920. The fourth-order valence-electron chi connectivity index (χ4n) is 3.29. The van der Waals surface area contributed by atoms with Gasteiger partial charge in [0.25, 0.3) is 0 Å². The lowest BCUT2D eigenvalue weighted by Crippen LogP contribution is -2.49. The highest BCUT2D eigenvalue weighted by Crippen LogP contribution is 2.55. The van der Waals surface area contributed by atoms with E-state index in [1.807, 2.05) is 26.0 Å². The van der Waals surface area contributed by atoms with Crippen LogP contribution in [0.5, 0.6) is 5.75 Å². The van der Waals surface area contributed by atoms with E-state index < -0.39 is 16.8 Å². The first-order valence-electron chi connectivity index (χ1n) is 7.39. The third kappa shape index (κ3) is 2.45. The van der Waals surface area contributed by atoms with E-state index in [9.17, 15) is 14.7 Å². The van der Waals surface area contributed by atoms with Crippen LogP contribution in [0.2, 0.25) is 0 Å². The number of aliphatic carboxylic acids is 1. The number of anilines is 1. The molecule has 0 heterocycles. The summed E-state index contributed by atoms with van der Waals surface area (Å²) in [6.45, 7) is 5.31. The lowest BCUT2D eigenvalue weighted by atomic mass is 9.65. The molecule has 120 valence electrons. The lowest BCUT2D eigenvalue weighted by Gasteiger charge is -2.41. The van der Waals surface area contributed by atoms with E-state index in [1.54, 1.807) is 19.1 Å². The smallest absolute Gasteiger partial charge is 0.228 e. The summed E-state index contributed by atoms with van der Waals surface area (Å²) in [5, 5.41) is 14.4. The summed E-state index contributed by atoms with van der Waals surface area (Å²) in [5.41, 5.74) is -1.10. The van der Waals surface area contributed by atoms with Crippen molar-refractivity contribution in [2.45, 2.75) is 33.6 Å². The second-order valence-corrected chi connectivity index (χ2v) is 6.62. The molecule has 5 nitrogen and oxygen atoms in total. The van der Waals surface area contributed by atoms with Gasteiger partial charge in [0.05, 0.1) is 12.8 Å². The number of hydrogen-bond acceptors (Lipinski definition) is 4. The molecule has 0 spiro atoms. The molecule has 0 radical (unpaired) electrons. The Morgan fingerprint density at radius 2 is 1.91 bits per heavy atom. The third-order valence-electron chi connectivity index (χ3n) is 5.36. The molecule has 22 heavy (non-hydrogen) atoms. The number of rotatable bonds is 4. The Hall–Kier alpha value is -2.04. The maximum Gasteiger partial charge on any atom is 0.228 e. The van der Waals surface area contributed by atoms with Crippen molar-refractivity contribution in [1.82, 2.24) is 0 Å². The average molecular weight is 304 g/mol. The second kappa shape index (κ2) is 5.63. The molecule has 1 aromatic rings. The Kier molecular flexibility index (Phi) is 4.18. The maximum atomic E-state index is 12.6. The van der Waals surface area contributed by atoms with Crippen molar-refractivity contribution in [3.8, 4) is 5.75 Å². The molecule has 0 unspecified atom stereocenters. The van der Waals surface area contributed by atoms with Gasteiger partial charge in [-0.05, 0) is 30.4 Å². The van der Waals surface area contributed by atoms with E-state index in [0.29, 0.717) is 24.3 Å². The minimum atomic E-state index is -1.09. The molecular formula is C17H22NO4-. The van der Waals surface area contributed by atoms with Crippen LogP contribution in [-0.2, 0) is 9.59 Å². The number of para-hydroxylation sites is 2. The predicted octanol–water partition coefficient (Wildman–Crippen LogP) is 1.83. The number of methoxy groups -OCH3 is 1. The van der Waals surface area contributed by atoms with Crippen molar-refractivity contribution in [2.75, 3.05) is 12.4 Å². The first-order chi connectivity index (χ1) is 10.2. The Balaban J connectivity index is 2.22. The Morgan fingerprint density at radius 1 is 1.27 bits per heavy atom. The van der Waals surface area contributed by atoms with E-state index in [4.69, 9.17) is 4.74 Å². The first-order valence-corrected chi connectivity index (χ1v) is 7.39. The monoisotopic (exact) mass is 304 g/mol. The molecular weight excluding hydrogens is 282 g/mol. The number of benzene rings is 1. The highest BCUT2D eigenvalue weighted by atomic mass is 16.5. The first kappa shape index (κ1) is 16.3. The third-order valence-corrected chi connectivity index (χ3v) is 5.36. The number of carboxylic acid groups (broad SMARTS) is 1. The number of carboxylic acids is 1. The minimum absolute atomic E-state index is 0.181. The van der Waals surface area contributed by atoms with Crippen LogP contribution in [0.3, 0.4) is 0 Å². The summed E-state index contributed by atoms with van der Waals surface area (Å²) in [4.78, 5) is 24.1. The van der Waals surface area contributed by atoms with Gasteiger partial charge < -0.3 is 20.0 Å². The van der Waals surface area contributed by atoms with Crippen molar-refractivity contribution >= 4 is 17.6 Å². The second-order valence-electron chi connectivity index (χ2n) is 6.62. The Labute approximate surface area is 130 Å². The van der Waals surface area contributed by atoms with Crippen molar-refractivity contribution in [3.63, 3.8) is 0 Å². The predicted molar refractivity (Wildman–Crippen MR) is 81.2 cm³/mol. The van der Waals surface area contributed by atoms with Crippen LogP contribution >= 0.6 is 0 Å². The van der Waals surface area contributed by atoms with Gasteiger partial charge in [0.2, 0.25) is 5.91 Å². The molecule has 1 aliphatic rings. The largest absolute Gasteiger partial charge is 0.550 e. The molecule has 2 atom stereocenters. The molecule has 0 aliphatic heterocycles. The van der Waals surface area contributed by atoms with Gasteiger partial charge in [-0.3, -0.25) is 4.79 Å². The van der Waals surface area contributed by atoms with E-state index in [2.05, 4.69) is 5.32 Å². The van der Waals surface area contributed by atoms with Gasteiger partial charge in [0.1, 0.15) is 5.75 Å². The molecule has 0 saturated heterocycles. The van der Waals surface area contributed by atoms with Crippen LogP contribution in [0.25, 0.3) is 0 Å². The van der Waals surface area contributed by atoms with E-state index >= 15 is 0 Å². The van der Waals surface area contributed by atoms with E-state index in [-0.39, 0.29) is 11.8 Å². The zero-order valence-electron chi connectivity index (χ0n) is 13.4. The number of carbonyl (C=O) groups excluding carboxylic acids is 2. The van der Waals surface area contributed by atoms with Crippen LogP contribution in [-0.4, -0.2) is 19.0 Å². The summed E-state index contributed by atoms with van der Waals surface area (Å²) in [7, 11) is 1.54. The summed E-state index contributed by atoms with van der Waals surface area (Å²) in [5.74, 6) is -1.08. The van der Waals surface area contributed by atoms with E-state index in [1.165, 1.54) is 7.11 Å².